The molecule has 0 saturated heterocycles. The van der Waals surface area contributed by atoms with E-state index in [9.17, 15) is 14.9 Å². The molecule has 1 atom stereocenters. The fourth-order valence-electron chi connectivity index (χ4n) is 1.13. The molecule has 0 spiro atoms. The van der Waals surface area contributed by atoms with E-state index in [0.29, 0.717) is 0 Å². The molecule has 17 heavy (non-hydrogen) atoms. The Morgan fingerprint density at radius 2 is 2.41 bits per heavy atom. The summed E-state index contributed by atoms with van der Waals surface area (Å²) in [5.41, 5.74) is 0. The molecule has 0 aliphatic heterocycles. The predicted molar refractivity (Wildman–Crippen MR) is 59.2 cm³/mol. The molecule has 0 aromatic carbocycles. The van der Waals surface area contributed by atoms with E-state index >= 15 is 0 Å². The van der Waals surface area contributed by atoms with Crippen molar-refractivity contribution < 1.29 is 18.9 Å². The van der Waals surface area contributed by atoms with Crippen LogP contribution in [0.2, 0.25) is 0 Å². The molecule has 1 N–H and O–H groups in total. The molecule has 7 nitrogen and oxygen atoms in total. The molecule has 0 radical (unpaired) electrons. The zero-order valence-electron chi connectivity index (χ0n) is 9.01. The van der Waals surface area contributed by atoms with Crippen molar-refractivity contribution in [2.75, 3.05) is 19.6 Å². The lowest BCUT2D eigenvalue weighted by Crippen LogP contribution is -2.39. The predicted octanol–water partition coefficient (Wildman–Crippen LogP) is 1.17. The molecule has 1 aromatic rings. The van der Waals surface area contributed by atoms with Crippen molar-refractivity contribution >= 4 is 23.4 Å². The van der Waals surface area contributed by atoms with Gasteiger partial charge >= 0.3 is 5.88 Å². The van der Waals surface area contributed by atoms with Crippen LogP contribution >= 0.6 is 11.6 Å². The first-order valence-corrected chi connectivity index (χ1v) is 5.22. The lowest BCUT2D eigenvalue weighted by Gasteiger charge is -2.13. The molecule has 8 heteroatoms. The van der Waals surface area contributed by atoms with Crippen LogP contribution in [0.3, 0.4) is 0 Å². The Bertz CT molecular complexity index is 406. The number of ether oxygens (including phenoxy) is 1. The molecular weight excluding hydrogens is 252 g/mol. The highest BCUT2D eigenvalue weighted by molar-refractivity contribution is 6.18. The number of hydrogen-bond donors (Lipinski definition) is 1. The maximum absolute atomic E-state index is 11.6. The highest BCUT2D eigenvalue weighted by Gasteiger charge is 2.19. The quantitative estimate of drug-likeness (QED) is 0.472. The van der Waals surface area contributed by atoms with Gasteiger partial charge in [-0.2, -0.15) is 0 Å². The second-order valence-electron chi connectivity index (χ2n) is 3.18. The Morgan fingerprint density at radius 3 is 2.88 bits per heavy atom. The summed E-state index contributed by atoms with van der Waals surface area (Å²) in [6.07, 6.45) is 0. The van der Waals surface area contributed by atoms with E-state index in [1.54, 1.807) is 0 Å². The van der Waals surface area contributed by atoms with Crippen LogP contribution in [0.15, 0.2) is 16.5 Å². The first kappa shape index (κ1) is 13.5. The fourth-order valence-corrected chi connectivity index (χ4v) is 1.30. The van der Waals surface area contributed by atoms with Gasteiger partial charge in [-0.3, -0.25) is 14.9 Å². The van der Waals surface area contributed by atoms with E-state index in [2.05, 4.69) is 5.32 Å². The first-order valence-electron chi connectivity index (χ1n) is 4.68. The Balaban J connectivity index is 2.65. The molecule has 0 aliphatic rings. The molecule has 1 aromatic heterocycles. The van der Waals surface area contributed by atoms with Crippen molar-refractivity contribution in [3.63, 3.8) is 0 Å². The summed E-state index contributed by atoms with van der Waals surface area (Å²) in [5.74, 6) is -1.02. The van der Waals surface area contributed by atoms with Gasteiger partial charge in [-0.05, 0) is 6.07 Å². The summed E-state index contributed by atoms with van der Waals surface area (Å²) < 4.78 is 9.57. The van der Waals surface area contributed by atoms with Crippen LogP contribution in [-0.4, -0.2) is 36.5 Å². The number of rotatable bonds is 6. The Labute approximate surface area is 102 Å². The molecule has 0 fully saturated rings. The van der Waals surface area contributed by atoms with Gasteiger partial charge in [0.2, 0.25) is 0 Å². The highest BCUT2D eigenvalue weighted by atomic mass is 35.5. The zero-order chi connectivity index (χ0) is 12.8. The van der Waals surface area contributed by atoms with Gasteiger partial charge in [0.25, 0.3) is 5.91 Å². The number of hydrogen-bond acceptors (Lipinski definition) is 5. The lowest BCUT2D eigenvalue weighted by molar-refractivity contribution is -0.402. The third-order valence-corrected chi connectivity index (χ3v) is 2.26. The summed E-state index contributed by atoms with van der Waals surface area (Å²) in [5, 5.41) is 12.9. The minimum atomic E-state index is -0.717. The van der Waals surface area contributed by atoms with Gasteiger partial charge in [0.15, 0.2) is 5.76 Å². The van der Waals surface area contributed by atoms with Gasteiger partial charge in [0, 0.05) is 13.0 Å². The summed E-state index contributed by atoms with van der Waals surface area (Å²) >= 11 is 5.60. The molecule has 0 saturated carbocycles. The lowest BCUT2D eigenvalue weighted by atomic mass is 10.3. The normalized spacial score (nSPS) is 12.1. The average molecular weight is 263 g/mol. The summed E-state index contributed by atoms with van der Waals surface area (Å²) in [4.78, 5) is 21.2. The number of alkyl halides is 1. The summed E-state index contributed by atoms with van der Waals surface area (Å²) in [6, 6.07) is 1.96. The van der Waals surface area contributed by atoms with E-state index in [-0.39, 0.29) is 24.3 Å². The Kier molecular flexibility index (Phi) is 4.92. The Hall–Kier alpha value is -1.60. The minimum Gasteiger partial charge on any atom is -0.395 e. The summed E-state index contributed by atoms with van der Waals surface area (Å²) in [7, 11) is 1.48. The van der Waals surface area contributed by atoms with Gasteiger partial charge in [-0.1, -0.05) is 0 Å². The molecule has 94 valence electrons. The standard InChI is InChI=1S/C9H11ClN2O5/c1-16-5-6(4-10)11-9(13)7-2-3-8(17-7)12(14)15/h2-3,6H,4-5H2,1H3,(H,11,13). The van der Waals surface area contributed by atoms with E-state index < -0.39 is 16.7 Å². The van der Waals surface area contributed by atoms with Gasteiger partial charge < -0.3 is 14.5 Å². The number of furan rings is 1. The number of amides is 1. The maximum atomic E-state index is 11.6. The second kappa shape index (κ2) is 6.21. The summed E-state index contributed by atoms with van der Waals surface area (Å²) in [6.45, 7) is 0.248. The number of nitrogens with one attached hydrogen (secondary N) is 1. The molecule has 0 bridgehead atoms. The van der Waals surface area contributed by atoms with Crippen molar-refractivity contribution in [2.45, 2.75) is 6.04 Å². The monoisotopic (exact) mass is 262 g/mol. The number of nitrogens with zero attached hydrogens (tertiary/aromatic N) is 1. The number of carbonyl (C=O) groups excluding carboxylic acids is 1. The second-order valence-corrected chi connectivity index (χ2v) is 3.48. The van der Waals surface area contributed by atoms with Crippen molar-refractivity contribution in [3.05, 3.63) is 28.0 Å². The van der Waals surface area contributed by atoms with Crippen molar-refractivity contribution in [1.82, 2.24) is 5.32 Å². The molecule has 1 heterocycles. The topological polar surface area (TPSA) is 94.6 Å². The molecule has 0 aliphatic carbocycles. The highest BCUT2D eigenvalue weighted by Crippen LogP contribution is 2.15. The van der Waals surface area contributed by atoms with Crippen LogP contribution in [-0.2, 0) is 4.74 Å². The molecular formula is C9H11ClN2O5. The average Bonchev–Trinajstić information content (AvgIpc) is 2.77. The van der Waals surface area contributed by atoms with Crippen molar-refractivity contribution in [3.8, 4) is 0 Å². The van der Waals surface area contributed by atoms with Gasteiger partial charge in [-0.25, -0.2) is 0 Å². The molecule has 1 rings (SSSR count). The smallest absolute Gasteiger partial charge is 0.395 e. The van der Waals surface area contributed by atoms with E-state index in [0.717, 1.165) is 6.07 Å². The van der Waals surface area contributed by atoms with E-state index in [1.165, 1.54) is 13.2 Å². The van der Waals surface area contributed by atoms with Crippen molar-refractivity contribution in [1.29, 1.82) is 0 Å². The first-order chi connectivity index (χ1) is 8.08. The van der Waals surface area contributed by atoms with Crippen LogP contribution in [0.1, 0.15) is 10.6 Å². The number of nitro groups is 1. The molecule has 1 unspecified atom stereocenters. The number of halogens is 1. The van der Waals surface area contributed by atoms with Gasteiger partial charge in [0.1, 0.15) is 4.92 Å². The fraction of sp³-hybridized carbons (Fsp3) is 0.444. The van der Waals surface area contributed by atoms with Gasteiger partial charge in [-0.15, -0.1) is 11.6 Å². The number of methoxy groups -OCH3 is 1. The SMILES string of the molecule is COCC(CCl)NC(=O)c1ccc([N+](=O)[O-])o1. The third kappa shape index (κ3) is 3.72. The third-order valence-electron chi connectivity index (χ3n) is 1.88. The van der Waals surface area contributed by atoms with Crippen LogP contribution in [0.5, 0.6) is 0 Å². The van der Waals surface area contributed by atoms with Crippen molar-refractivity contribution in [2.24, 2.45) is 0 Å². The van der Waals surface area contributed by atoms with Crippen LogP contribution in [0.4, 0.5) is 5.88 Å². The zero-order valence-corrected chi connectivity index (χ0v) is 9.77. The van der Waals surface area contributed by atoms with Crippen LogP contribution < -0.4 is 5.32 Å². The largest absolute Gasteiger partial charge is 0.433 e. The molecule has 1 amide bonds. The minimum absolute atomic E-state index is 0.136. The maximum Gasteiger partial charge on any atom is 0.433 e. The van der Waals surface area contributed by atoms with E-state index in [1.807, 2.05) is 0 Å². The van der Waals surface area contributed by atoms with Crippen LogP contribution in [0.25, 0.3) is 0 Å². The van der Waals surface area contributed by atoms with E-state index in [4.69, 9.17) is 20.8 Å². The number of carbonyl (C=O) groups is 1. The van der Waals surface area contributed by atoms with Gasteiger partial charge in [0.05, 0.1) is 18.7 Å². The Morgan fingerprint density at radius 1 is 1.71 bits per heavy atom. The van der Waals surface area contributed by atoms with Crippen LogP contribution in [0, 0.1) is 10.1 Å².